The van der Waals surface area contributed by atoms with Crippen molar-refractivity contribution in [3.63, 3.8) is 0 Å². The largest absolute Gasteiger partial charge is 0.486 e. The third-order valence-corrected chi connectivity index (χ3v) is 5.51. The SMILES string of the molecule is CNc1cc(Nc2cccc3c2OCCO3)nc2c(NC(=O)NC3CC(C)(O)C3)cnn12. The first-order valence-corrected chi connectivity index (χ1v) is 10.4. The van der Waals surface area contributed by atoms with Gasteiger partial charge in [0.25, 0.3) is 0 Å². The second-order valence-corrected chi connectivity index (χ2v) is 8.23. The number of carbonyl (C=O) groups excluding carboxylic acids is 1. The molecule has 11 heteroatoms. The number of hydrogen-bond donors (Lipinski definition) is 5. The molecule has 1 fully saturated rings. The van der Waals surface area contributed by atoms with Crippen LogP contribution in [0.4, 0.5) is 27.8 Å². The molecule has 168 valence electrons. The Labute approximate surface area is 184 Å². The number of ether oxygens (including phenoxy) is 2. The number of para-hydroxylation sites is 1. The monoisotopic (exact) mass is 439 g/mol. The summed E-state index contributed by atoms with van der Waals surface area (Å²) in [7, 11) is 1.78. The molecule has 0 unspecified atom stereocenters. The van der Waals surface area contributed by atoms with Crippen molar-refractivity contribution >= 4 is 34.7 Å². The van der Waals surface area contributed by atoms with E-state index in [9.17, 15) is 9.90 Å². The summed E-state index contributed by atoms with van der Waals surface area (Å²) in [5, 5.41) is 26.2. The molecule has 0 atom stereocenters. The van der Waals surface area contributed by atoms with Gasteiger partial charge in [-0.3, -0.25) is 0 Å². The van der Waals surface area contributed by atoms with Crippen LogP contribution in [-0.4, -0.2) is 57.6 Å². The molecule has 0 saturated heterocycles. The molecule has 32 heavy (non-hydrogen) atoms. The van der Waals surface area contributed by atoms with Gasteiger partial charge in [-0.2, -0.15) is 9.61 Å². The van der Waals surface area contributed by atoms with Crippen molar-refractivity contribution in [3.05, 3.63) is 30.5 Å². The number of aromatic nitrogens is 3. The van der Waals surface area contributed by atoms with Crippen LogP contribution >= 0.6 is 0 Å². The van der Waals surface area contributed by atoms with E-state index in [1.54, 1.807) is 24.7 Å². The number of hydrogen-bond acceptors (Lipinski definition) is 8. The van der Waals surface area contributed by atoms with Crippen LogP contribution in [0.25, 0.3) is 5.65 Å². The van der Waals surface area contributed by atoms with Crippen LogP contribution in [0.15, 0.2) is 30.5 Å². The van der Waals surface area contributed by atoms with Gasteiger partial charge < -0.3 is 35.8 Å². The maximum Gasteiger partial charge on any atom is 0.319 e. The zero-order chi connectivity index (χ0) is 22.3. The number of benzene rings is 1. The topological polar surface area (TPSA) is 134 Å². The molecule has 3 aromatic rings. The highest BCUT2D eigenvalue weighted by Crippen LogP contribution is 2.39. The normalized spacial score (nSPS) is 21.5. The number of anilines is 4. The van der Waals surface area contributed by atoms with Crippen molar-refractivity contribution < 1.29 is 19.4 Å². The second kappa shape index (κ2) is 7.75. The van der Waals surface area contributed by atoms with Gasteiger partial charge in [-0.25, -0.2) is 9.78 Å². The van der Waals surface area contributed by atoms with Crippen LogP contribution in [0.5, 0.6) is 11.5 Å². The first-order valence-electron chi connectivity index (χ1n) is 10.4. The number of aliphatic hydroxyl groups is 1. The van der Waals surface area contributed by atoms with Crippen LogP contribution in [0.1, 0.15) is 19.8 Å². The number of amides is 2. The lowest BCUT2D eigenvalue weighted by Crippen LogP contribution is -2.54. The Kier molecular flexibility index (Phi) is 4.89. The summed E-state index contributed by atoms with van der Waals surface area (Å²) in [5.74, 6) is 2.54. The summed E-state index contributed by atoms with van der Waals surface area (Å²) in [5.41, 5.74) is 0.947. The number of carbonyl (C=O) groups is 1. The predicted octanol–water partition coefficient (Wildman–Crippen LogP) is 2.32. The van der Waals surface area contributed by atoms with Crippen molar-refractivity contribution in [1.29, 1.82) is 0 Å². The van der Waals surface area contributed by atoms with Gasteiger partial charge >= 0.3 is 6.03 Å². The molecule has 1 aliphatic carbocycles. The van der Waals surface area contributed by atoms with Crippen LogP contribution < -0.4 is 30.7 Å². The van der Waals surface area contributed by atoms with Gasteiger partial charge in [-0.15, -0.1) is 0 Å². The van der Waals surface area contributed by atoms with Crippen LogP contribution in [0.3, 0.4) is 0 Å². The molecule has 1 aliphatic heterocycles. The number of nitrogens with one attached hydrogen (secondary N) is 4. The van der Waals surface area contributed by atoms with Crippen molar-refractivity contribution in [2.75, 3.05) is 36.2 Å². The standard InChI is InChI=1S/C21H25N7O4/c1-21(30)9-12(10-21)24-20(29)26-14-11-23-28-17(22-2)8-16(27-19(14)28)25-13-4-3-5-15-18(13)32-7-6-31-15/h3-5,8,11-12,22,30H,6-7,9-10H2,1-2H3,(H,25,27)(H2,24,26,29). The lowest BCUT2D eigenvalue weighted by Gasteiger charge is -2.41. The first kappa shape index (κ1) is 20.2. The quantitative estimate of drug-likeness (QED) is 0.409. The number of nitrogens with zero attached hydrogens (tertiary/aromatic N) is 3. The molecular weight excluding hydrogens is 414 g/mol. The third-order valence-electron chi connectivity index (χ3n) is 5.51. The van der Waals surface area contributed by atoms with E-state index in [4.69, 9.17) is 9.47 Å². The molecule has 1 saturated carbocycles. The first-order chi connectivity index (χ1) is 15.4. The summed E-state index contributed by atoms with van der Waals surface area (Å²) in [6, 6.07) is 7.00. The fourth-order valence-corrected chi connectivity index (χ4v) is 4.05. The highest BCUT2D eigenvalue weighted by Gasteiger charge is 2.39. The Morgan fingerprint density at radius 2 is 2.06 bits per heavy atom. The summed E-state index contributed by atoms with van der Waals surface area (Å²) in [6.07, 6.45) is 2.60. The molecule has 1 aromatic carbocycles. The number of urea groups is 1. The van der Waals surface area contributed by atoms with Crippen molar-refractivity contribution in [2.45, 2.75) is 31.4 Å². The fraction of sp³-hybridized carbons (Fsp3) is 0.381. The Morgan fingerprint density at radius 1 is 1.25 bits per heavy atom. The average molecular weight is 439 g/mol. The minimum Gasteiger partial charge on any atom is -0.486 e. The fourth-order valence-electron chi connectivity index (χ4n) is 4.05. The Morgan fingerprint density at radius 3 is 2.84 bits per heavy atom. The molecule has 2 amide bonds. The maximum absolute atomic E-state index is 12.4. The summed E-state index contributed by atoms with van der Waals surface area (Å²) >= 11 is 0. The summed E-state index contributed by atoms with van der Waals surface area (Å²) in [4.78, 5) is 17.1. The zero-order valence-corrected chi connectivity index (χ0v) is 17.8. The number of rotatable bonds is 5. The maximum atomic E-state index is 12.4. The minimum atomic E-state index is -0.711. The second-order valence-electron chi connectivity index (χ2n) is 8.23. The van der Waals surface area contributed by atoms with Crippen LogP contribution in [0.2, 0.25) is 0 Å². The van der Waals surface area contributed by atoms with Crippen LogP contribution in [0, 0.1) is 0 Å². The van der Waals surface area contributed by atoms with Gasteiger partial charge in [0.2, 0.25) is 0 Å². The summed E-state index contributed by atoms with van der Waals surface area (Å²) in [6.45, 7) is 2.74. The van der Waals surface area contributed by atoms with Crippen LogP contribution in [-0.2, 0) is 0 Å². The van der Waals surface area contributed by atoms with Gasteiger partial charge in [-0.1, -0.05) is 6.07 Å². The molecule has 0 radical (unpaired) electrons. The van der Waals surface area contributed by atoms with Crippen molar-refractivity contribution in [1.82, 2.24) is 19.9 Å². The van der Waals surface area contributed by atoms with E-state index in [0.717, 1.165) is 5.69 Å². The number of fused-ring (bicyclic) bond motifs is 2. The van der Waals surface area contributed by atoms with E-state index in [0.29, 0.717) is 60.5 Å². The average Bonchev–Trinajstić information content (AvgIpc) is 3.14. The lowest BCUT2D eigenvalue weighted by molar-refractivity contribution is -0.0351. The summed E-state index contributed by atoms with van der Waals surface area (Å²) < 4.78 is 13.0. The van der Waals surface area contributed by atoms with E-state index < -0.39 is 5.60 Å². The molecule has 5 rings (SSSR count). The third kappa shape index (κ3) is 3.82. The molecule has 2 aromatic heterocycles. The smallest absolute Gasteiger partial charge is 0.319 e. The highest BCUT2D eigenvalue weighted by atomic mass is 16.6. The Hall–Kier alpha value is -3.73. The zero-order valence-electron chi connectivity index (χ0n) is 17.8. The van der Waals surface area contributed by atoms with E-state index >= 15 is 0 Å². The molecule has 11 nitrogen and oxygen atoms in total. The van der Waals surface area contributed by atoms with Gasteiger partial charge in [0.1, 0.15) is 30.5 Å². The molecule has 0 bridgehead atoms. The molecule has 0 spiro atoms. The van der Waals surface area contributed by atoms with Crippen molar-refractivity contribution in [3.8, 4) is 11.5 Å². The predicted molar refractivity (Wildman–Crippen MR) is 119 cm³/mol. The lowest BCUT2D eigenvalue weighted by atomic mass is 9.77. The van der Waals surface area contributed by atoms with E-state index in [1.165, 1.54) is 0 Å². The Balaban J connectivity index is 1.40. The van der Waals surface area contributed by atoms with Gasteiger partial charge in [0, 0.05) is 19.2 Å². The van der Waals surface area contributed by atoms with Crippen molar-refractivity contribution in [2.24, 2.45) is 0 Å². The molecule has 2 aliphatic rings. The van der Waals surface area contributed by atoms with Gasteiger partial charge in [0.15, 0.2) is 17.1 Å². The highest BCUT2D eigenvalue weighted by molar-refractivity contribution is 5.93. The molecule has 3 heterocycles. The van der Waals surface area contributed by atoms with E-state index in [2.05, 4.69) is 31.3 Å². The van der Waals surface area contributed by atoms with Gasteiger partial charge in [0.05, 0.1) is 17.5 Å². The van der Waals surface area contributed by atoms with E-state index in [1.807, 2.05) is 24.3 Å². The van der Waals surface area contributed by atoms with Gasteiger partial charge in [-0.05, 0) is 31.9 Å². The molecular formula is C21H25N7O4. The van der Waals surface area contributed by atoms with E-state index in [-0.39, 0.29) is 12.1 Å². The Bertz CT molecular complexity index is 1170. The minimum absolute atomic E-state index is 0.0589. The molecule has 5 N–H and O–H groups in total.